The van der Waals surface area contributed by atoms with Gasteiger partial charge in [-0.05, 0) is 42.9 Å². The highest BCUT2D eigenvalue weighted by Gasteiger charge is 2.41. The Morgan fingerprint density at radius 2 is 2.00 bits per heavy atom. The third-order valence-electron chi connectivity index (χ3n) is 4.35. The molecule has 1 aromatic carbocycles. The van der Waals surface area contributed by atoms with Gasteiger partial charge in [0.25, 0.3) is 0 Å². The highest BCUT2D eigenvalue weighted by Crippen LogP contribution is 2.50. The predicted octanol–water partition coefficient (Wildman–Crippen LogP) is 3.44. The van der Waals surface area contributed by atoms with Gasteiger partial charge in [-0.3, -0.25) is 11.3 Å². The molecule has 0 heterocycles. The Labute approximate surface area is 107 Å². The number of nitrogens with one attached hydrogen (secondary N) is 1. The van der Waals surface area contributed by atoms with Crippen LogP contribution in [0.3, 0.4) is 0 Å². The van der Waals surface area contributed by atoms with Gasteiger partial charge in [-0.2, -0.15) is 0 Å². The topological polar surface area (TPSA) is 38.0 Å². The summed E-state index contributed by atoms with van der Waals surface area (Å²) >= 11 is 0. The Morgan fingerprint density at radius 1 is 1.33 bits per heavy atom. The highest BCUT2D eigenvalue weighted by atomic mass is 19.1. The standard InChI is InChI=1S/C14H20F2N2/c1-2-14(7-3-4-8-14)13(18-17)11-9-10(15)5-6-12(11)16/h5-6,9,13,18H,2-4,7-8,17H2,1H3. The van der Waals surface area contributed by atoms with Crippen molar-refractivity contribution in [1.29, 1.82) is 0 Å². The average Bonchev–Trinajstić information content (AvgIpc) is 2.84. The summed E-state index contributed by atoms with van der Waals surface area (Å²) in [6.07, 6.45) is 5.19. The van der Waals surface area contributed by atoms with Crippen molar-refractivity contribution in [3.8, 4) is 0 Å². The molecule has 0 amide bonds. The van der Waals surface area contributed by atoms with E-state index < -0.39 is 5.82 Å². The number of hydrogen-bond acceptors (Lipinski definition) is 2. The monoisotopic (exact) mass is 254 g/mol. The molecule has 0 saturated heterocycles. The van der Waals surface area contributed by atoms with Crippen LogP contribution in [0, 0.1) is 17.0 Å². The van der Waals surface area contributed by atoms with Gasteiger partial charge in [-0.1, -0.05) is 19.8 Å². The normalized spacial score (nSPS) is 20.0. The summed E-state index contributed by atoms with van der Waals surface area (Å²) in [7, 11) is 0. The van der Waals surface area contributed by atoms with Crippen LogP contribution in [0.15, 0.2) is 18.2 Å². The lowest BCUT2D eigenvalue weighted by atomic mass is 9.73. The molecule has 2 nitrogen and oxygen atoms in total. The highest BCUT2D eigenvalue weighted by molar-refractivity contribution is 5.25. The number of halogens is 2. The molecule has 2 rings (SSSR count). The van der Waals surface area contributed by atoms with Gasteiger partial charge in [-0.15, -0.1) is 0 Å². The fourth-order valence-corrected chi connectivity index (χ4v) is 3.26. The van der Waals surface area contributed by atoms with Crippen LogP contribution in [0.2, 0.25) is 0 Å². The molecular weight excluding hydrogens is 234 g/mol. The molecule has 0 aromatic heterocycles. The minimum Gasteiger partial charge on any atom is -0.271 e. The molecule has 18 heavy (non-hydrogen) atoms. The maximum absolute atomic E-state index is 13.9. The van der Waals surface area contributed by atoms with E-state index in [0.717, 1.165) is 38.2 Å². The Bertz CT molecular complexity index is 414. The van der Waals surface area contributed by atoms with E-state index in [1.165, 1.54) is 12.1 Å². The van der Waals surface area contributed by atoms with Gasteiger partial charge in [-0.25, -0.2) is 8.78 Å². The summed E-state index contributed by atoms with van der Waals surface area (Å²) in [4.78, 5) is 0. The molecule has 0 spiro atoms. The predicted molar refractivity (Wildman–Crippen MR) is 67.6 cm³/mol. The molecule has 1 fully saturated rings. The van der Waals surface area contributed by atoms with Crippen molar-refractivity contribution in [2.45, 2.75) is 45.1 Å². The van der Waals surface area contributed by atoms with Crippen LogP contribution >= 0.6 is 0 Å². The van der Waals surface area contributed by atoms with E-state index in [2.05, 4.69) is 12.3 Å². The number of benzene rings is 1. The zero-order valence-corrected chi connectivity index (χ0v) is 10.7. The smallest absolute Gasteiger partial charge is 0.128 e. The quantitative estimate of drug-likeness (QED) is 0.638. The summed E-state index contributed by atoms with van der Waals surface area (Å²) in [6, 6.07) is 3.25. The van der Waals surface area contributed by atoms with Crippen molar-refractivity contribution in [3.05, 3.63) is 35.4 Å². The van der Waals surface area contributed by atoms with E-state index in [-0.39, 0.29) is 17.3 Å². The first-order valence-electron chi connectivity index (χ1n) is 6.54. The number of hydrazine groups is 1. The molecule has 1 aromatic rings. The molecule has 0 radical (unpaired) electrons. The minimum atomic E-state index is -0.420. The molecule has 0 bridgehead atoms. The summed E-state index contributed by atoms with van der Waals surface area (Å²) in [5.41, 5.74) is 3.01. The third kappa shape index (κ3) is 2.27. The fourth-order valence-electron chi connectivity index (χ4n) is 3.26. The van der Waals surface area contributed by atoms with Crippen LogP contribution in [0.5, 0.6) is 0 Å². The van der Waals surface area contributed by atoms with Crippen molar-refractivity contribution in [1.82, 2.24) is 5.43 Å². The van der Waals surface area contributed by atoms with Gasteiger partial charge in [0.2, 0.25) is 0 Å². The molecule has 1 aliphatic rings. The van der Waals surface area contributed by atoms with Gasteiger partial charge in [0.15, 0.2) is 0 Å². The zero-order chi connectivity index (χ0) is 13.2. The summed E-state index contributed by atoms with van der Waals surface area (Å²) < 4.78 is 27.2. The van der Waals surface area contributed by atoms with E-state index in [0.29, 0.717) is 5.56 Å². The molecule has 4 heteroatoms. The number of hydrogen-bond donors (Lipinski definition) is 2. The second kappa shape index (κ2) is 5.33. The van der Waals surface area contributed by atoms with Gasteiger partial charge in [0.1, 0.15) is 11.6 Å². The van der Waals surface area contributed by atoms with Crippen LogP contribution < -0.4 is 11.3 Å². The van der Waals surface area contributed by atoms with Crippen LogP contribution in [0.25, 0.3) is 0 Å². The maximum Gasteiger partial charge on any atom is 0.128 e. The van der Waals surface area contributed by atoms with E-state index in [9.17, 15) is 8.78 Å². The zero-order valence-electron chi connectivity index (χ0n) is 10.7. The lowest BCUT2D eigenvalue weighted by Gasteiger charge is -2.37. The van der Waals surface area contributed by atoms with Gasteiger partial charge < -0.3 is 0 Å². The first-order valence-corrected chi connectivity index (χ1v) is 6.54. The van der Waals surface area contributed by atoms with Gasteiger partial charge in [0, 0.05) is 5.56 Å². The Hall–Kier alpha value is -1.00. The Balaban J connectivity index is 2.40. The minimum absolute atomic E-state index is 0.0522. The Morgan fingerprint density at radius 3 is 2.56 bits per heavy atom. The average molecular weight is 254 g/mol. The molecule has 3 N–H and O–H groups in total. The van der Waals surface area contributed by atoms with Crippen LogP contribution in [0.1, 0.15) is 50.6 Å². The van der Waals surface area contributed by atoms with E-state index in [1.54, 1.807) is 0 Å². The molecule has 1 unspecified atom stereocenters. The van der Waals surface area contributed by atoms with Crippen molar-refractivity contribution in [2.75, 3.05) is 0 Å². The summed E-state index contributed by atoms with van der Waals surface area (Å²) in [6.45, 7) is 2.09. The first kappa shape index (κ1) is 13.4. The summed E-state index contributed by atoms with van der Waals surface area (Å²) in [5.74, 6) is 4.82. The Kier molecular flexibility index (Phi) is 3.97. The molecular formula is C14H20F2N2. The number of rotatable bonds is 4. The van der Waals surface area contributed by atoms with Crippen LogP contribution in [0.4, 0.5) is 8.78 Å². The second-order valence-electron chi connectivity index (χ2n) is 5.19. The molecule has 0 aliphatic heterocycles. The van der Waals surface area contributed by atoms with Crippen molar-refractivity contribution in [3.63, 3.8) is 0 Å². The lowest BCUT2D eigenvalue weighted by molar-refractivity contribution is 0.184. The lowest BCUT2D eigenvalue weighted by Crippen LogP contribution is -2.40. The van der Waals surface area contributed by atoms with Crippen molar-refractivity contribution in [2.24, 2.45) is 11.3 Å². The number of nitrogens with two attached hydrogens (primary N) is 1. The second-order valence-corrected chi connectivity index (χ2v) is 5.19. The first-order chi connectivity index (χ1) is 8.63. The molecule has 100 valence electrons. The molecule has 1 aliphatic carbocycles. The van der Waals surface area contributed by atoms with Crippen LogP contribution in [-0.4, -0.2) is 0 Å². The fraction of sp³-hybridized carbons (Fsp3) is 0.571. The third-order valence-corrected chi connectivity index (χ3v) is 4.35. The van der Waals surface area contributed by atoms with Crippen LogP contribution in [-0.2, 0) is 0 Å². The van der Waals surface area contributed by atoms with Crippen molar-refractivity contribution < 1.29 is 8.78 Å². The summed E-state index contributed by atoms with van der Waals surface area (Å²) in [5, 5.41) is 0. The maximum atomic E-state index is 13.9. The SMILES string of the molecule is CCC1(C(NN)c2cc(F)ccc2F)CCCC1. The molecule has 1 atom stereocenters. The van der Waals surface area contributed by atoms with E-state index in [4.69, 9.17) is 5.84 Å². The van der Waals surface area contributed by atoms with E-state index in [1.807, 2.05) is 0 Å². The van der Waals surface area contributed by atoms with Gasteiger partial charge in [0.05, 0.1) is 6.04 Å². The van der Waals surface area contributed by atoms with Crippen molar-refractivity contribution >= 4 is 0 Å². The molecule has 1 saturated carbocycles. The largest absolute Gasteiger partial charge is 0.271 e. The van der Waals surface area contributed by atoms with Gasteiger partial charge >= 0.3 is 0 Å². The van der Waals surface area contributed by atoms with E-state index >= 15 is 0 Å².